The number of aryl methyl sites for hydroxylation is 2. The van der Waals surface area contributed by atoms with Gasteiger partial charge in [0.2, 0.25) is 0 Å². The van der Waals surface area contributed by atoms with Crippen LogP contribution in [0.5, 0.6) is 0 Å². The lowest BCUT2D eigenvalue weighted by Gasteiger charge is -2.37. The Balaban J connectivity index is 1.65. The Morgan fingerprint density at radius 3 is 2.62 bits per heavy atom. The van der Waals surface area contributed by atoms with Crippen LogP contribution >= 0.6 is 0 Å². The number of para-hydroxylation sites is 1. The topological polar surface area (TPSA) is 12.0 Å². The fourth-order valence-corrected chi connectivity index (χ4v) is 3.20. The van der Waals surface area contributed by atoms with Gasteiger partial charge in [-0.05, 0) is 60.9 Å². The predicted octanol–water partition coefficient (Wildman–Crippen LogP) is 5.05. The molecule has 21 heavy (non-hydrogen) atoms. The van der Waals surface area contributed by atoms with Gasteiger partial charge in [0.05, 0.1) is 0 Å². The first-order valence-corrected chi connectivity index (χ1v) is 7.78. The number of hydrogen-bond donors (Lipinski definition) is 1. The standard InChI is InChI=1S/C19H22FN/c1-3-14-7-4-6-13(2)19(14)21-18-11-16(12-18)15-8-5-9-17(20)10-15/h4-10,16,18,21H,3,11-12H2,1-2H3. The van der Waals surface area contributed by atoms with E-state index in [4.69, 9.17) is 0 Å². The molecule has 3 rings (SSSR count). The average Bonchev–Trinajstić information content (AvgIpc) is 2.43. The summed E-state index contributed by atoms with van der Waals surface area (Å²) < 4.78 is 13.3. The maximum absolute atomic E-state index is 13.3. The Labute approximate surface area is 126 Å². The SMILES string of the molecule is CCc1cccc(C)c1NC1CC(c2cccc(F)c2)C1. The smallest absolute Gasteiger partial charge is 0.123 e. The summed E-state index contributed by atoms with van der Waals surface area (Å²) in [7, 11) is 0. The molecular formula is C19H22FN. The molecule has 0 unspecified atom stereocenters. The third-order valence-electron chi connectivity index (χ3n) is 4.55. The summed E-state index contributed by atoms with van der Waals surface area (Å²) in [6, 6.07) is 14.0. The second-order valence-corrected chi connectivity index (χ2v) is 6.03. The molecule has 0 heterocycles. The number of nitrogens with one attached hydrogen (secondary N) is 1. The first-order valence-electron chi connectivity index (χ1n) is 7.78. The first-order chi connectivity index (χ1) is 10.2. The average molecular weight is 283 g/mol. The van der Waals surface area contributed by atoms with Gasteiger partial charge < -0.3 is 5.32 Å². The molecule has 1 aliphatic rings. The minimum Gasteiger partial charge on any atom is -0.382 e. The Kier molecular flexibility index (Phi) is 3.96. The van der Waals surface area contributed by atoms with Crippen molar-refractivity contribution in [3.8, 4) is 0 Å². The van der Waals surface area contributed by atoms with E-state index in [1.807, 2.05) is 12.1 Å². The van der Waals surface area contributed by atoms with Crippen LogP contribution in [0.3, 0.4) is 0 Å². The van der Waals surface area contributed by atoms with Gasteiger partial charge in [-0.15, -0.1) is 0 Å². The third-order valence-corrected chi connectivity index (χ3v) is 4.55. The van der Waals surface area contributed by atoms with Crippen LogP contribution in [-0.2, 0) is 6.42 Å². The quantitative estimate of drug-likeness (QED) is 0.827. The number of hydrogen-bond acceptors (Lipinski definition) is 1. The molecule has 110 valence electrons. The van der Waals surface area contributed by atoms with Gasteiger partial charge in [0.15, 0.2) is 0 Å². The van der Waals surface area contributed by atoms with E-state index in [0.29, 0.717) is 12.0 Å². The van der Waals surface area contributed by atoms with Gasteiger partial charge in [0.25, 0.3) is 0 Å². The molecule has 0 saturated heterocycles. The molecule has 1 N–H and O–H groups in total. The Hall–Kier alpha value is -1.83. The highest BCUT2D eigenvalue weighted by Crippen LogP contribution is 2.39. The van der Waals surface area contributed by atoms with Crippen molar-refractivity contribution in [1.82, 2.24) is 0 Å². The molecule has 1 nitrogen and oxygen atoms in total. The zero-order valence-corrected chi connectivity index (χ0v) is 12.7. The zero-order valence-electron chi connectivity index (χ0n) is 12.7. The monoisotopic (exact) mass is 283 g/mol. The van der Waals surface area contributed by atoms with Crippen LogP contribution in [0, 0.1) is 12.7 Å². The summed E-state index contributed by atoms with van der Waals surface area (Å²) in [5, 5.41) is 3.69. The van der Waals surface area contributed by atoms with Crippen molar-refractivity contribution in [3.05, 3.63) is 65.0 Å². The van der Waals surface area contributed by atoms with Crippen LogP contribution in [0.1, 0.15) is 42.4 Å². The maximum Gasteiger partial charge on any atom is 0.123 e. The van der Waals surface area contributed by atoms with Gasteiger partial charge in [-0.1, -0.05) is 37.3 Å². The lowest BCUT2D eigenvalue weighted by Crippen LogP contribution is -2.34. The molecule has 2 aromatic rings. The van der Waals surface area contributed by atoms with E-state index in [1.54, 1.807) is 6.07 Å². The Morgan fingerprint density at radius 2 is 1.90 bits per heavy atom. The van der Waals surface area contributed by atoms with E-state index in [0.717, 1.165) is 24.8 Å². The summed E-state index contributed by atoms with van der Waals surface area (Å²) in [4.78, 5) is 0. The molecular weight excluding hydrogens is 261 g/mol. The van der Waals surface area contributed by atoms with Gasteiger partial charge in [-0.25, -0.2) is 4.39 Å². The molecule has 2 heteroatoms. The van der Waals surface area contributed by atoms with Crippen LogP contribution in [0.4, 0.5) is 10.1 Å². The van der Waals surface area contributed by atoms with Gasteiger partial charge in [-0.3, -0.25) is 0 Å². The van der Waals surface area contributed by atoms with Crippen LogP contribution < -0.4 is 5.32 Å². The van der Waals surface area contributed by atoms with E-state index in [-0.39, 0.29) is 5.82 Å². The van der Waals surface area contributed by atoms with Crippen molar-refractivity contribution in [2.75, 3.05) is 5.32 Å². The molecule has 0 atom stereocenters. The minimum atomic E-state index is -0.129. The molecule has 0 radical (unpaired) electrons. The van der Waals surface area contributed by atoms with E-state index in [9.17, 15) is 4.39 Å². The summed E-state index contributed by atoms with van der Waals surface area (Å²) in [6.45, 7) is 4.35. The Morgan fingerprint density at radius 1 is 1.14 bits per heavy atom. The normalized spacial score (nSPS) is 20.9. The summed E-state index contributed by atoms with van der Waals surface area (Å²) in [5.41, 5.74) is 5.11. The molecule has 0 aromatic heterocycles. The summed E-state index contributed by atoms with van der Waals surface area (Å²) >= 11 is 0. The second kappa shape index (κ2) is 5.88. The molecule has 1 saturated carbocycles. The van der Waals surface area contributed by atoms with Crippen LogP contribution in [0.2, 0.25) is 0 Å². The largest absolute Gasteiger partial charge is 0.382 e. The lowest BCUT2D eigenvalue weighted by molar-refractivity contribution is 0.372. The molecule has 2 aromatic carbocycles. The van der Waals surface area contributed by atoms with Crippen molar-refractivity contribution in [3.63, 3.8) is 0 Å². The van der Waals surface area contributed by atoms with Gasteiger partial charge in [-0.2, -0.15) is 0 Å². The van der Waals surface area contributed by atoms with Crippen molar-refractivity contribution in [2.45, 2.75) is 45.1 Å². The zero-order chi connectivity index (χ0) is 14.8. The number of rotatable bonds is 4. The van der Waals surface area contributed by atoms with Gasteiger partial charge in [0, 0.05) is 11.7 Å². The molecule has 0 amide bonds. The van der Waals surface area contributed by atoms with Crippen LogP contribution in [0.15, 0.2) is 42.5 Å². The molecule has 0 bridgehead atoms. The maximum atomic E-state index is 13.3. The number of anilines is 1. The Bertz CT molecular complexity index is 629. The minimum absolute atomic E-state index is 0.129. The molecule has 1 aliphatic carbocycles. The molecule has 0 spiro atoms. The van der Waals surface area contributed by atoms with Crippen LogP contribution in [0.25, 0.3) is 0 Å². The molecule has 1 fully saturated rings. The summed E-state index contributed by atoms with van der Waals surface area (Å²) in [5.74, 6) is 0.364. The van der Waals surface area contributed by atoms with Crippen molar-refractivity contribution in [2.24, 2.45) is 0 Å². The lowest BCUT2D eigenvalue weighted by atomic mass is 9.75. The van der Waals surface area contributed by atoms with Gasteiger partial charge in [0.1, 0.15) is 5.82 Å². The van der Waals surface area contributed by atoms with E-state index in [1.165, 1.54) is 22.9 Å². The van der Waals surface area contributed by atoms with E-state index >= 15 is 0 Å². The fourth-order valence-electron chi connectivity index (χ4n) is 3.20. The van der Waals surface area contributed by atoms with Crippen molar-refractivity contribution < 1.29 is 4.39 Å². The third kappa shape index (κ3) is 2.94. The number of benzene rings is 2. The van der Waals surface area contributed by atoms with Crippen molar-refractivity contribution in [1.29, 1.82) is 0 Å². The highest BCUT2D eigenvalue weighted by Gasteiger charge is 2.30. The second-order valence-electron chi connectivity index (χ2n) is 6.03. The molecule has 0 aliphatic heterocycles. The first kappa shape index (κ1) is 14.1. The highest BCUT2D eigenvalue weighted by atomic mass is 19.1. The predicted molar refractivity (Wildman–Crippen MR) is 86.3 cm³/mol. The fraction of sp³-hybridized carbons (Fsp3) is 0.368. The van der Waals surface area contributed by atoms with Crippen molar-refractivity contribution >= 4 is 5.69 Å². The van der Waals surface area contributed by atoms with E-state index < -0.39 is 0 Å². The van der Waals surface area contributed by atoms with Gasteiger partial charge >= 0.3 is 0 Å². The summed E-state index contributed by atoms with van der Waals surface area (Å²) in [6.07, 6.45) is 3.21. The number of halogens is 1. The highest BCUT2D eigenvalue weighted by molar-refractivity contribution is 5.58. The van der Waals surface area contributed by atoms with E-state index in [2.05, 4.69) is 37.4 Å². The van der Waals surface area contributed by atoms with Crippen LogP contribution in [-0.4, -0.2) is 6.04 Å².